The van der Waals surface area contributed by atoms with Crippen molar-refractivity contribution in [2.45, 2.75) is 438 Å². The van der Waals surface area contributed by atoms with Crippen LogP contribution in [0.3, 0.4) is 0 Å². The van der Waals surface area contributed by atoms with Gasteiger partial charge in [0.15, 0.2) is 12.2 Å². The summed E-state index contributed by atoms with van der Waals surface area (Å²) >= 11 is 0. The van der Waals surface area contributed by atoms with E-state index in [1.807, 2.05) is 0 Å². The van der Waals surface area contributed by atoms with Crippen LogP contribution < -0.4 is 0 Å². The first kappa shape index (κ1) is 96.1. The van der Waals surface area contributed by atoms with E-state index in [4.69, 9.17) is 37.0 Å². The Bertz CT molecular complexity index is 1870. The van der Waals surface area contributed by atoms with E-state index in [-0.39, 0.29) is 25.7 Å². The molecule has 0 aliphatic rings. The quantitative estimate of drug-likeness (QED) is 0.0222. The van der Waals surface area contributed by atoms with E-state index in [1.54, 1.807) is 0 Å². The van der Waals surface area contributed by atoms with Gasteiger partial charge >= 0.3 is 39.5 Å². The van der Waals surface area contributed by atoms with Crippen LogP contribution in [-0.2, 0) is 65.4 Å². The summed E-state index contributed by atoms with van der Waals surface area (Å²) in [5.74, 6) is -1.40. The molecular weight excluding hydrogens is 1280 g/mol. The van der Waals surface area contributed by atoms with E-state index in [0.717, 1.165) is 95.8 Å². The molecule has 0 saturated carbocycles. The number of carbonyl (C=O) groups excluding carboxylic acids is 4. The highest BCUT2D eigenvalue weighted by Gasteiger charge is 2.30. The van der Waals surface area contributed by atoms with Crippen molar-refractivity contribution in [1.82, 2.24) is 0 Å². The molecule has 582 valence electrons. The number of esters is 4. The van der Waals surface area contributed by atoms with Gasteiger partial charge < -0.3 is 33.8 Å². The molecule has 0 spiro atoms. The zero-order chi connectivity index (χ0) is 71.9. The number of aliphatic hydroxyl groups excluding tert-OH is 1. The second-order valence-electron chi connectivity index (χ2n) is 28.9. The Labute approximate surface area is 600 Å². The lowest BCUT2D eigenvalue weighted by atomic mass is 10.0. The predicted molar refractivity (Wildman–Crippen MR) is 400 cm³/mol. The van der Waals surface area contributed by atoms with Crippen LogP contribution in [0.4, 0.5) is 0 Å². The first-order valence-corrected chi connectivity index (χ1v) is 44.1. The molecule has 0 bridgehead atoms. The van der Waals surface area contributed by atoms with Gasteiger partial charge in [-0.1, -0.05) is 369 Å². The molecule has 0 rings (SSSR count). The maximum absolute atomic E-state index is 13.1. The van der Waals surface area contributed by atoms with Crippen LogP contribution in [0.25, 0.3) is 0 Å². The van der Waals surface area contributed by atoms with E-state index < -0.39 is 97.5 Å². The fourth-order valence-corrected chi connectivity index (χ4v) is 13.8. The highest BCUT2D eigenvalue weighted by Crippen LogP contribution is 2.45. The average molecular weight is 1440 g/mol. The van der Waals surface area contributed by atoms with Crippen LogP contribution in [0.1, 0.15) is 420 Å². The van der Waals surface area contributed by atoms with Gasteiger partial charge in [-0.3, -0.25) is 37.3 Å². The Morgan fingerprint density at radius 1 is 0.276 bits per heavy atom. The first-order chi connectivity index (χ1) is 47.5. The molecule has 17 nitrogen and oxygen atoms in total. The van der Waals surface area contributed by atoms with E-state index in [1.165, 1.54) is 244 Å². The standard InChI is InChI=1S/C79H154O17P2/c1-6-9-12-15-18-21-23-25-27-29-30-31-32-33-34-36-38-40-43-49-54-59-64-78(83)95-74(69-90-77(82)63-58-53-48-42-39-37-35-28-26-24-22-19-16-13-10-7-2)70-93-97(85,86)91-66-73(80)67-92-98(87,88)94-71-75(68-89-76(81)62-57-52-47-41-20-17-14-11-8-3)96-79(84)65-60-55-50-45-44-46-51-56-61-72(4)5/h72-75,80H,6-71H2,1-5H3,(H,85,86)(H,87,88)/t73-,74-,75-/m1/s1. The highest BCUT2D eigenvalue weighted by molar-refractivity contribution is 7.47. The molecule has 0 aromatic carbocycles. The van der Waals surface area contributed by atoms with E-state index in [0.29, 0.717) is 25.7 Å². The number of phosphoric ester groups is 2. The second-order valence-corrected chi connectivity index (χ2v) is 31.8. The molecule has 0 amide bonds. The Morgan fingerprint density at radius 2 is 0.469 bits per heavy atom. The maximum atomic E-state index is 13.1. The number of hydrogen-bond acceptors (Lipinski definition) is 15. The third-order valence-corrected chi connectivity index (χ3v) is 20.4. The van der Waals surface area contributed by atoms with Crippen molar-refractivity contribution >= 4 is 39.5 Å². The normalized spacial score (nSPS) is 13.9. The maximum Gasteiger partial charge on any atom is 0.472 e. The Balaban J connectivity index is 5.18. The molecule has 0 aromatic rings. The summed E-state index contributed by atoms with van der Waals surface area (Å²) in [5.41, 5.74) is 0. The Morgan fingerprint density at radius 3 is 0.694 bits per heavy atom. The minimum absolute atomic E-state index is 0.105. The van der Waals surface area contributed by atoms with Crippen LogP contribution in [-0.4, -0.2) is 96.7 Å². The number of unbranched alkanes of at least 4 members (excludes halogenated alkanes) is 51. The molecule has 5 atom stereocenters. The van der Waals surface area contributed by atoms with Gasteiger partial charge in [-0.25, -0.2) is 9.13 Å². The zero-order valence-electron chi connectivity index (χ0n) is 63.9. The van der Waals surface area contributed by atoms with Crippen molar-refractivity contribution in [1.29, 1.82) is 0 Å². The Kier molecular flexibility index (Phi) is 70.6. The lowest BCUT2D eigenvalue weighted by Crippen LogP contribution is -2.30. The summed E-state index contributed by atoms with van der Waals surface area (Å²) in [6, 6.07) is 0. The minimum Gasteiger partial charge on any atom is -0.462 e. The van der Waals surface area contributed by atoms with E-state index in [2.05, 4.69) is 34.6 Å². The van der Waals surface area contributed by atoms with Gasteiger partial charge in [0.05, 0.1) is 26.4 Å². The van der Waals surface area contributed by atoms with Crippen LogP contribution in [0.5, 0.6) is 0 Å². The number of phosphoric acid groups is 2. The third-order valence-electron chi connectivity index (χ3n) is 18.5. The average Bonchev–Trinajstić information content (AvgIpc) is 2.50. The molecule has 19 heteroatoms. The summed E-state index contributed by atoms with van der Waals surface area (Å²) in [7, 11) is -9.91. The SMILES string of the molecule is CCCCCCCCCCCCCCCCCCCCCCCCC(=O)O[C@H](COC(=O)CCCCCCCCCCCCCCCCCC)COP(=O)(O)OC[C@@H](O)COP(=O)(O)OC[C@@H](COC(=O)CCCCCCCCCCC)OC(=O)CCCCCCCCCCC(C)C. The monoisotopic (exact) mass is 1440 g/mol. The summed E-state index contributed by atoms with van der Waals surface area (Å²) in [6.45, 7) is 7.25. The lowest BCUT2D eigenvalue weighted by molar-refractivity contribution is -0.161. The zero-order valence-corrected chi connectivity index (χ0v) is 65.7. The van der Waals surface area contributed by atoms with E-state index >= 15 is 0 Å². The van der Waals surface area contributed by atoms with Crippen molar-refractivity contribution in [3.05, 3.63) is 0 Å². The fourth-order valence-electron chi connectivity index (χ4n) is 12.2. The van der Waals surface area contributed by atoms with Crippen LogP contribution in [0.2, 0.25) is 0 Å². The van der Waals surface area contributed by atoms with Gasteiger partial charge in [0, 0.05) is 25.7 Å². The van der Waals surface area contributed by atoms with Crippen LogP contribution in [0.15, 0.2) is 0 Å². The number of hydrogen-bond donors (Lipinski definition) is 3. The molecule has 0 saturated heterocycles. The van der Waals surface area contributed by atoms with Crippen molar-refractivity contribution in [2.24, 2.45) is 5.92 Å². The summed E-state index contributed by atoms with van der Waals surface area (Å²) in [4.78, 5) is 72.8. The van der Waals surface area contributed by atoms with Crippen molar-refractivity contribution in [3.63, 3.8) is 0 Å². The number of rotatable bonds is 79. The molecular formula is C79H154O17P2. The fraction of sp³-hybridized carbons (Fsp3) is 0.949. The molecule has 0 aliphatic heterocycles. The number of carbonyl (C=O) groups is 4. The third kappa shape index (κ3) is 72.4. The second kappa shape index (κ2) is 72.0. The van der Waals surface area contributed by atoms with Gasteiger partial charge in [0.1, 0.15) is 19.3 Å². The summed E-state index contributed by atoms with van der Waals surface area (Å²) < 4.78 is 68.5. The number of aliphatic hydroxyl groups is 1. The molecule has 98 heavy (non-hydrogen) atoms. The predicted octanol–water partition coefficient (Wildman–Crippen LogP) is 23.6. The highest BCUT2D eigenvalue weighted by atomic mass is 31.2. The first-order valence-electron chi connectivity index (χ1n) is 41.1. The van der Waals surface area contributed by atoms with Gasteiger partial charge in [0.25, 0.3) is 0 Å². The number of ether oxygens (including phenoxy) is 4. The molecule has 0 heterocycles. The largest absolute Gasteiger partial charge is 0.472 e. The van der Waals surface area contributed by atoms with Gasteiger partial charge in [-0.15, -0.1) is 0 Å². The van der Waals surface area contributed by atoms with Gasteiger partial charge in [-0.05, 0) is 31.6 Å². The molecule has 0 aliphatic carbocycles. The van der Waals surface area contributed by atoms with Crippen molar-refractivity contribution < 1.29 is 80.2 Å². The van der Waals surface area contributed by atoms with Crippen LogP contribution in [0, 0.1) is 5.92 Å². The van der Waals surface area contributed by atoms with Crippen molar-refractivity contribution in [2.75, 3.05) is 39.6 Å². The Hall–Kier alpha value is -1.94. The lowest BCUT2D eigenvalue weighted by Gasteiger charge is -2.21. The summed E-state index contributed by atoms with van der Waals surface area (Å²) in [5, 5.41) is 10.6. The molecule has 0 radical (unpaired) electrons. The minimum atomic E-state index is -4.96. The topological polar surface area (TPSA) is 237 Å². The molecule has 0 fully saturated rings. The summed E-state index contributed by atoms with van der Waals surface area (Å²) in [6.07, 6.45) is 62.7. The van der Waals surface area contributed by atoms with Gasteiger partial charge in [0.2, 0.25) is 0 Å². The van der Waals surface area contributed by atoms with Crippen LogP contribution >= 0.6 is 15.6 Å². The smallest absolute Gasteiger partial charge is 0.462 e. The molecule has 0 aromatic heterocycles. The molecule has 3 N–H and O–H groups in total. The van der Waals surface area contributed by atoms with Gasteiger partial charge in [-0.2, -0.15) is 0 Å². The van der Waals surface area contributed by atoms with E-state index in [9.17, 15) is 43.2 Å². The molecule has 2 unspecified atom stereocenters. The van der Waals surface area contributed by atoms with Crippen molar-refractivity contribution in [3.8, 4) is 0 Å².